The summed E-state index contributed by atoms with van der Waals surface area (Å²) in [5.41, 5.74) is 2.87. The molecule has 0 saturated carbocycles. The number of allylic oxidation sites excluding steroid dienone is 2. The number of nitrogens with zero attached hydrogens (tertiary/aromatic N) is 2. The van der Waals surface area contributed by atoms with Crippen molar-refractivity contribution >= 4 is 39.3 Å². The van der Waals surface area contributed by atoms with E-state index in [1.54, 1.807) is 12.1 Å². The van der Waals surface area contributed by atoms with Crippen molar-refractivity contribution < 1.29 is 23.9 Å². The Hall–Kier alpha value is -5.28. The van der Waals surface area contributed by atoms with E-state index in [9.17, 15) is 14.4 Å². The monoisotopic (exact) mass is 626 g/mol. The zero-order valence-corrected chi connectivity index (χ0v) is 26.3. The van der Waals surface area contributed by atoms with Crippen molar-refractivity contribution in [2.75, 3.05) is 19.8 Å². The smallest absolute Gasteiger partial charge is 0.237 e. The van der Waals surface area contributed by atoms with Gasteiger partial charge in [-0.25, -0.2) is 4.98 Å². The van der Waals surface area contributed by atoms with Crippen LogP contribution in [-0.4, -0.2) is 68.1 Å². The lowest BCUT2D eigenvalue weighted by atomic mass is 9.83. The highest BCUT2D eigenvalue weighted by molar-refractivity contribution is 6.33. The third kappa shape index (κ3) is 4.19. The molecular weight excluding hydrogens is 592 g/mol. The van der Waals surface area contributed by atoms with Crippen molar-refractivity contribution in [3.8, 4) is 11.1 Å². The van der Waals surface area contributed by atoms with Crippen LogP contribution in [0, 0.1) is 0 Å². The van der Waals surface area contributed by atoms with Crippen molar-refractivity contribution in [2.24, 2.45) is 0 Å². The number of para-hydroxylation sites is 3. The van der Waals surface area contributed by atoms with Crippen molar-refractivity contribution in [1.82, 2.24) is 19.9 Å². The summed E-state index contributed by atoms with van der Waals surface area (Å²) in [5.74, 6) is -0.243. The van der Waals surface area contributed by atoms with Gasteiger partial charge in [-0.15, -0.1) is 0 Å². The Morgan fingerprint density at radius 3 is 2.51 bits per heavy atom. The van der Waals surface area contributed by atoms with Gasteiger partial charge >= 0.3 is 0 Å². The van der Waals surface area contributed by atoms with Crippen LogP contribution in [0.4, 0.5) is 0 Å². The lowest BCUT2D eigenvalue weighted by Crippen LogP contribution is -2.55. The molecule has 0 bridgehead atoms. The van der Waals surface area contributed by atoms with Gasteiger partial charge in [-0.3, -0.25) is 14.4 Å². The molecular formula is C38H34N4O5. The molecule has 0 amide bonds. The maximum Gasteiger partial charge on any atom is 0.237 e. The minimum absolute atomic E-state index is 0.0851. The summed E-state index contributed by atoms with van der Waals surface area (Å²) in [7, 11) is 0. The van der Waals surface area contributed by atoms with Gasteiger partial charge < -0.3 is 24.3 Å². The van der Waals surface area contributed by atoms with Gasteiger partial charge in [-0.1, -0.05) is 36.4 Å². The number of imidazole rings is 1. The lowest BCUT2D eigenvalue weighted by molar-refractivity contribution is -0.0366. The molecule has 3 heterocycles. The molecule has 2 N–H and O–H groups in total. The van der Waals surface area contributed by atoms with E-state index in [0.29, 0.717) is 54.1 Å². The van der Waals surface area contributed by atoms with Crippen LogP contribution in [0.2, 0.25) is 0 Å². The Kier molecular flexibility index (Phi) is 6.77. The maximum absolute atomic E-state index is 14.5. The number of ether oxygens (including phenoxy) is 2. The molecule has 8 rings (SSSR count). The van der Waals surface area contributed by atoms with Crippen LogP contribution in [0.5, 0.6) is 0 Å². The zero-order chi connectivity index (χ0) is 32.3. The van der Waals surface area contributed by atoms with E-state index in [4.69, 9.17) is 9.47 Å². The fourth-order valence-electron chi connectivity index (χ4n) is 7.73. The van der Waals surface area contributed by atoms with Crippen LogP contribution in [0.15, 0.2) is 96.5 Å². The highest BCUT2D eigenvalue weighted by Gasteiger charge is 2.60. The quantitative estimate of drug-likeness (QED) is 0.144. The highest BCUT2D eigenvalue weighted by Crippen LogP contribution is 2.48. The van der Waals surface area contributed by atoms with E-state index in [1.165, 1.54) is 0 Å². The molecule has 9 nitrogen and oxygen atoms in total. The third-order valence-electron chi connectivity index (χ3n) is 9.81. The minimum atomic E-state index is -1.54. The summed E-state index contributed by atoms with van der Waals surface area (Å²) in [6, 6.07) is 21.0. The van der Waals surface area contributed by atoms with E-state index in [-0.39, 0.29) is 36.2 Å². The van der Waals surface area contributed by atoms with E-state index in [0.717, 1.165) is 27.5 Å². The summed E-state index contributed by atoms with van der Waals surface area (Å²) in [6.45, 7) is 4.74. The first-order chi connectivity index (χ1) is 22.9. The summed E-state index contributed by atoms with van der Waals surface area (Å²) < 4.78 is 12.4. The number of carbonyl (C=O) groups excluding carboxylic acids is 3. The number of rotatable bonds is 8. The van der Waals surface area contributed by atoms with Gasteiger partial charge in [0, 0.05) is 59.1 Å². The van der Waals surface area contributed by atoms with Crippen LogP contribution in [0.1, 0.15) is 64.4 Å². The fourth-order valence-corrected chi connectivity index (χ4v) is 7.73. The van der Waals surface area contributed by atoms with Crippen molar-refractivity contribution in [1.29, 1.82) is 0 Å². The number of H-pyrrole nitrogens is 2. The highest BCUT2D eigenvalue weighted by atomic mass is 16.5. The third-order valence-corrected chi connectivity index (χ3v) is 9.81. The average Bonchev–Trinajstić information content (AvgIpc) is 3.88. The molecule has 2 atom stereocenters. The van der Waals surface area contributed by atoms with E-state index in [2.05, 4.69) is 15.0 Å². The predicted octanol–water partition coefficient (Wildman–Crippen LogP) is 6.79. The van der Waals surface area contributed by atoms with Gasteiger partial charge in [0.05, 0.1) is 17.6 Å². The van der Waals surface area contributed by atoms with Crippen LogP contribution >= 0.6 is 0 Å². The Morgan fingerprint density at radius 2 is 1.70 bits per heavy atom. The molecule has 47 heavy (non-hydrogen) atoms. The number of likely N-dealkylation sites (tertiary alicyclic amines) is 1. The number of carbonyl (C=O) groups is 3. The Labute approximate surface area is 271 Å². The number of Topliss-reactive ketones (excluding diaryl/α,β-unsaturated/α-hetero) is 3. The molecule has 0 radical (unpaired) electrons. The topological polar surface area (TPSA) is 117 Å². The number of hydrogen-bond donors (Lipinski definition) is 2. The summed E-state index contributed by atoms with van der Waals surface area (Å²) in [6.07, 6.45) is 6.67. The molecule has 2 unspecified atom stereocenters. The largest absolute Gasteiger partial charge is 0.495 e. The Balaban J connectivity index is 1.18. The molecule has 9 heteroatoms. The fraction of sp³-hybridized carbons (Fsp3) is 0.263. The van der Waals surface area contributed by atoms with Gasteiger partial charge in [0.1, 0.15) is 5.76 Å². The van der Waals surface area contributed by atoms with Gasteiger partial charge in [-0.05, 0) is 74.7 Å². The molecule has 2 aromatic heterocycles. The lowest BCUT2D eigenvalue weighted by Gasteiger charge is -2.42. The average molecular weight is 627 g/mol. The van der Waals surface area contributed by atoms with Gasteiger partial charge in [-0.2, -0.15) is 0 Å². The molecule has 1 fully saturated rings. The van der Waals surface area contributed by atoms with Crippen LogP contribution in [-0.2, 0) is 9.47 Å². The summed E-state index contributed by atoms with van der Waals surface area (Å²) in [5, 5.41) is 1.05. The first-order valence-corrected chi connectivity index (χ1v) is 16.2. The van der Waals surface area contributed by atoms with Gasteiger partial charge in [0.15, 0.2) is 28.5 Å². The van der Waals surface area contributed by atoms with E-state index in [1.807, 2.05) is 91.7 Å². The molecule has 2 aliphatic carbocycles. The number of aromatic amines is 2. The van der Waals surface area contributed by atoms with Crippen LogP contribution in [0.3, 0.4) is 0 Å². The molecule has 1 saturated heterocycles. The zero-order valence-electron chi connectivity index (χ0n) is 26.3. The number of hydrogen-bond acceptors (Lipinski definition) is 7. The van der Waals surface area contributed by atoms with Gasteiger partial charge in [0.25, 0.3) is 0 Å². The molecule has 3 aromatic carbocycles. The van der Waals surface area contributed by atoms with E-state index >= 15 is 0 Å². The Morgan fingerprint density at radius 1 is 0.915 bits per heavy atom. The molecule has 236 valence electrons. The van der Waals surface area contributed by atoms with Crippen LogP contribution in [0.25, 0.3) is 33.1 Å². The SMILES string of the molecule is CCOC1=CC=C(N2CCCC23C(=O)c2ccc(-c4c[nH]c5ccccc45)cc2C3=O)CC1(OCC)C(=O)c1nc2ccccc2[nH]1. The summed E-state index contributed by atoms with van der Waals surface area (Å²) in [4.78, 5) is 56.3. The second kappa shape index (κ2) is 10.9. The number of aromatic nitrogens is 3. The van der Waals surface area contributed by atoms with Crippen molar-refractivity contribution in [3.63, 3.8) is 0 Å². The van der Waals surface area contributed by atoms with E-state index < -0.39 is 11.1 Å². The van der Waals surface area contributed by atoms with Crippen molar-refractivity contribution in [3.05, 3.63) is 113 Å². The predicted molar refractivity (Wildman–Crippen MR) is 178 cm³/mol. The minimum Gasteiger partial charge on any atom is -0.495 e. The van der Waals surface area contributed by atoms with Crippen molar-refractivity contribution in [2.45, 2.75) is 44.2 Å². The normalized spacial score (nSPS) is 22.3. The number of ketones is 3. The molecule has 3 aliphatic rings. The standard InChI is InChI=1S/C38H34N4O5/c1-3-46-32-17-15-24(21-38(32,47-4-2)35(45)36-40-30-12-7-8-13-31(30)41-36)42-19-9-18-37(42)33(43)26-16-14-23(20-27(26)34(37)44)28-22-39-29-11-6-5-10-25(28)29/h5-8,10-17,20,22,39H,3-4,9,18-19,21H2,1-2H3,(H,40,41). The number of benzene rings is 3. The number of fused-ring (bicyclic) bond motifs is 3. The second-order valence-corrected chi connectivity index (χ2v) is 12.3. The van der Waals surface area contributed by atoms with Gasteiger partial charge in [0.2, 0.25) is 5.78 Å². The first kappa shape index (κ1) is 29.1. The number of nitrogens with one attached hydrogen (secondary N) is 2. The molecule has 5 aromatic rings. The molecule has 1 spiro atoms. The Bertz CT molecular complexity index is 2140. The first-order valence-electron chi connectivity index (χ1n) is 16.2. The second-order valence-electron chi connectivity index (χ2n) is 12.3. The maximum atomic E-state index is 14.5. The molecule has 1 aliphatic heterocycles. The summed E-state index contributed by atoms with van der Waals surface area (Å²) >= 11 is 0. The van der Waals surface area contributed by atoms with Crippen LogP contribution < -0.4 is 0 Å².